The van der Waals surface area contributed by atoms with E-state index in [2.05, 4.69) is 4.98 Å². The lowest BCUT2D eigenvalue weighted by molar-refractivity contribution is -0.145. The summed E-state index contributed by atoms with van der Waals surface area (Å²) in [5.41, 5.74) is 3.22. The number of carbonyl (C=O) groups is 3. The molecule has 0 bridgehead atoms. The highest BCUT2D eigenvalue weighted by molar-refractivity contribution is 6.08. The number of H-pyrrole nitrogens is 1. The predicted molar refractivity (Wildman–Crippen MR) is 88.1 cm³/mol. The Morgan fingerprint density at radius 2 is 1.83 bits per heavy atom. The first-order valence-corrected chi connectivity index (χ1v) is 8.11. The molecule has 1 saturated heterocycles. The summed E-state index contributed by atoms with van der Waals surface area (Å²) in [6.07, 6.45) is 1.09. The van der Waals surface area contributed by atoms with Gasteiger partial charge in [0.25, 0.3) is 0 Å². The lowest BCUT2D eigenvalue weighted by Crippen LogP contribution is -2.40. The molecule has 1 N–H and O–H groups in total. The fourth-order valence-electron chi connectivity index (χ4n) is 3.85. The maximum Gasteiger partial charge on any atom is 0.242 e. The van der Waals surface area contributed by atoms with Crippen molar-refractivity contribution in [2.24, 2.45) is 11.8 Å². The van der Waals surface area contributed by atoms with Crippen LogP contribution in [0.5, 0.6) is 0 Å². The minimum Gasteiger partial charge on any atom is -0.358 e. The highest BCUT2D eigenvalue weighted by Gasteiger charge is 2.50. The molecule has 0 spiro atoms. The molecule has 1 aliphatic carbocycles. The fourth-order valence-corrected chi connectivity index (χ4v) is 3.85. The van der Waals surface area contributed by atoms with Crippen LogP contribution in [0.15, 0.2) is 24.3 Å². The molecule has 0 radical (unpaired) electrons. The van der Waals surface area contributed by atoms with Gasteiger partial charge in [-0.05, 0) is 18.1 Å². The Bertz CT molecular complexity index is 868. The van der Waals surface area contributed by atoms with E-state index in [1.54, 1.807) is 14.1 Å². The number of likely N-dealkylation sites (tertiary alicyclic amines) is 1. The van der Waals surface area contributed by atoms with Crippen molar-refractivity contribution < 1.29 is 14.4 Å². The fraction of sp³-hybridized carbons (Fsp3) is 0.389. The molecule has 24 heavy (non-hydrogen) atoms. The number of likely N-dealkylation sites (N-methyl/N-ethyl adjacent to an activating group) is 1. The maximum atomic E-state index is 12.7. The van der Waals surface area contributed by atoms with Crippen LogP contribution in [0.25, 0.3) is 10.9 Å². The number of imide groups is 1. The van der Waals surface area contributed by atoms with Gasteiger partial charge in [0.1, 0.15) is 6.54 Å². The maximum absolute atomic E-state index is 12.7. The van der Waals surface area contributed by atoms with Crippen molar-refractivity contribution in [2.75, 3.05) is 20.6 Å². The molecule has 2 unspecified atom stereocenters. The van der Waals surface area contributed by atoms with E-state index in [1.165, 1.54) is 4.90 Å². The second-order valence-corrected chi connectivity index (χ2v) is 6.80. The molecule has 1 aliphatic heterocycles. The first-order chi connectivity index (χ1) is 11.5. The molecule has 2 aliphatic rings. The van der Waals surface area contributed by atoms with Gasteiger partial charge in [0.15, 0.2) is 0 Å². The number of hydrogen-bond acceptors (Lipinski definition) is 3. The quantitative estimate of drug-likeness (QED) is 0.836. The molecule has 1 aromatic carbocycles. The van der Waals surface area contributed by atoms with E-state index < -0.39 is 0 Å². The summed E-state index contributed by atoms with van der Waals surface area (Å²) in [6, 6.07) is 8.00. The van der Waals surface area contributed by atoms with E-state index in [0.29, 0.717) is 12.8 Å². The molecule has 3 amide bonds. The zero-order valence-electron chi connectivity index (χ0n) is 13.7. The number of aromatic amines is 1. The second-order valence-electron chi connectivity index (χ2n) is 6.80. The van der Waals surface area contributed by atoms with Crippen molar-refractivity contribution in [3.05, 3.63) is 35.5 Å². The van der Waals surface area contributed by atoms with Gasteiger partial charge >= 0.3 is 0 Å². The van der Waals surface area contributed by atoms with E-state index in [0.717, 1.165) is 27.1 Å². The third kappa shape index (κ3) is 2.06. The van der Waals surface area contributed by atoms with Gasteiger partial charge in [-0.3, -0.25) is 19.3 Å². The molecule has 2 heterocycles. The topological polar surface area (TPSA) is 73.5 Å². The average molecular weight is 325 g/mol. The first kappa shape index (κ1) is 14.9. The molecular formula is C18H19N3O3. The molecule has 124 valence electrons. The average Bonchev–Trinajstić information content (AvgIpc) is 3.04. The highest BCUT2D eigenvalue weighted by atomic mass is 16.2. The number of nitrogens with zero attached hydrogens (tertiary/aromatic N) is 2. The van der Waals surface area contributed by atoms with Crippen LogP contribution in [0.2, 0.25) is 0 Å². The van der Waals surface area contributed by atoms with Crippen LogP contribution in [0.1, 0.15) is 11.3 Å². The van der Waals surface area contributed by atoms with Crippen molar-refractivity contribution in [1.82, 2.24) is 14.8 Å². The van der Waals surface area contributed by atoms with Crippen molar-refractivity contribution in [3.63, 3.8) is 0 Å². The van der Waals surface area contributed by atoms with E-state index in [9.17, 15) is 14.4 Å². The summed E-state index contributed by atoms with van der Waals surface area (Å²) in [5, 5.41) is 1.12. The smallest absolute Gasteiger partial charge is 0.242 e. The molecule has 2 atom stereocenters. The molecular weight excluding hydrogens is 306 g/mol. The van der Waals surface area contributed by atoms with E-state index in [1.807, 2.05) is 24.3 Å². The normalized spacial score (nSPS) is 22.7. The third-order valence-corrected chi connectivity index (χ3v) is 5.19. The molecule has 6 heteroatoms. The third-order valence-electron chi connectivity index (χ3n) is 5.19. The SMILES string of the molecule is CN(C)C(=O)CN1C(=O)C2Cc3[nH]c4ccccc4c3CC2C1=O. The minimum absolute atomic E-state index is 0.160. The number of hydrogen-bond donors (Lipinski definition) is 1. The summed E-state index contributed by atoms with van der Waals surface area (Å²) in [6.45, 7) is -0.160. The summed E-state index contributed by atoms with van der Waals surface area (Å²) in [5.74, 6) is -1.37. The molecule has 1 fully saturated rings. The van der Waals surface area contributed by atoms with Crippen LogP contribution < -0.4 is 0 Å². The molecule has 6 nitrogen and oxygen atoms in total. The summed E-state index contributed by atoms with van der Waals surface area (Å²) in [7, 11) is 3.24. The largest absolute Gasteiger partial charge is 0.358 e. The Kier molecular flexibility index (Phi) is 3.23. The first-order valence-electron chi connectivity index (χ1n) is 8.11. The number of fused-ring (bicyclic) bond motifs is 4. The number of benzene rings is 1. The zero-order chi connectivity index (χ0) is 17.0. The van der Waals surface area contributed by atoms with Gasteiger partial charge in [0, 0.05) is 37.1 Å². The number of rotatable bonds is 2. The number of aromatic nitrogens is 1. The van der Waals surface area contributed by atoms with Gasteiger partial charge in [-0.1, -0.05) is 18.2 Å². The van der Waals surface area contributed by atoms with Crippen LogP contribution in [0, 0.1) is 11.8 Å². The number of amides is 3. The van der Waals surface area contributed by atoms with Gasteiger partial charge in [-0.2, -0.15) is 0 Å². The molecule has 0 saturated carbocycles. The second kappa shape index (κ2) is 5.19. The minimum atomic E-state index is -0.354. The van der Waals surface area contributed by atoms with Crippen LogP contribution in [0.3, 0.4) is 0 Å². The monoisotopic (exact) mass is 325 g/mol. The van der Waals surface area contributed by atoms with Crippen molar-refractivity contribution in [3.8, 4) is 0 Å². The van der Waals surface area contributed by atoms with Gasteiger partial charge in [-0.25, -0.2) is 0 Å². The molecule has 4 rings (SSSR count). The van der Waals surface area contributed by atoms with Crippen LogP contribution in [0.4, 0.5) is 0 Å². The van der Waals surface area contributed by atoms with E-state index in [-0.39, 0.29) is 36.1 Å². The predicted octanol–water partition coefficient (Wildman–Crippen LogP) is 0.956. The van der Waals surface area contributed by atoms with Crippen molar-refractivity contribution >= 4 is 28.6 Å². The summed E-state index contributed by atoms with van der Waals surface area (Å²) >= 11 is 0. The lowest BCUT2D eigenvalue weighted by atomic mass is 9.79. The van der Waals surface area contributed by atoms with Gasteiger partial charge in [0.05, 0.1) is 11.8 Å². The summed E-state index contributed by atoms with van der Waals surface area (Å²) < 4.78 is 0. The highest BCUT2D eigenvalue weighted by Crippen LogP contribution is 2.40. The standard InChI is InChI=1S/C18H19N3O3/c1-20(2)16(22)9-21-17(23)12-7-11-10-5-3-4-6-14(10)19-15(11)8-13(12)18(21)24/h3-6,12-13,19H,7-9H2,1-2H3. The number of nitrogens with one attached hydrogen (secondary N) is 1. The number of para-hydroxylation sites is 1. The Morgan fingerprint density at radius 1 is 1.17 bits per heavy atom. The Morgan fingerprint density at radius 3 is 2.54 bits per heavy atom. The van der Waals surface area contributed by atoms with Crippen molar-refractivity contribution in [2.45, 2.75) is 12.8 Å². The van der Waals surface area contributed by atoms with Gasteiger partial charge in [-0.15, -0.1) is 0 Å². The molecule has 2 aromatic rings. The van der Waals surface area contributed by atoms with Crippen LogP contribution in [-0.4, -0.2) is 53.1 Å². The Balaban J connectivity index is 1.66. The van der Waals surface area contributed by atoms with Gasteiger partial charge in [0.2, 0.25) is 17.7 Å². The Labute approximate surface area is 139 Å². The number of carbonyl (C=O) groups excluding carboxylic acids is 3. The molecule has 1 aromatic heterocycles. The van der Waals surface area contributed by atoms with E-state index in [4.69, 9.17) is 0 Å². The van der Waals surface area contributed by atoms with Crippen LogP contribution >= 0.6 is 0 Å². The van der Waals surface area contributed by atoms with E-state index >= 15 is 0 Å². The lowest BCUT2D eigenvalue weighted by Gasteiger charge is -2.21. The Hall–Kier alpha value is -2.63. The van der Waals surface area contributed by atoms with Crippen molar-refractivity contribution in [1.29, 1.82) is 0 Å². The zero-order valence-corrected chi connectivity index (χ0v) is 13.7. The summed E-state index contributed by atoms with van der Waals surface area (Å²) in [4.78, 5) is 43.2. The van der Waals surface area contributed by atoms with Gasteiger partial charge < -0.3 is 9.88 Å². The van der Waals surface area contributed by atoms with Crippen LogP contribution in [-0.2, 0) is 27.2 Å².